The van der Waals surface area contributed by atoms with Crippen LogP contribution in [0, 0.1) is 6.92 Å². The fourth-order valence-corrected chi connectivity index (χ4v) is 2.99. The van der Waals surface area contributed by atoms with Crippen LogP contribution in [0.3, 0.4) is 0 Å². The van der Waals surface area contributed by atoms with Gasteiger partial charge < -0.3 is 4.57 Å². The smallest absolute Gasteiger partial charge is 0.112 e. The highest BCUT2D eigenvalue weighted by Crippen LogP contribution is 2.27. The zero-order chi connectivity index (χ0) is 13.5. The zero-order valence-electron chi connectivity index (χ0n) is 11.5. The van der Waals surface area contributed by atoms with Gasteiger partial charge >= 0.3 is 0 Å². The van der Waals surface area contributed by atoms with Gasteiger partial charge in [0.2, 0.25) is 0 Å². The summed E-state index contributed by atoms with van der Waals surface area (Å²) in [6.07, 6.45) is 1.17. The maximum Gasteiger partial charge on any atom is 0.112 e. The number of aromatic nitrogens is 2. The van der Waals surface area contributed by atoms with Crippen molar-refractivity contribution in [3.8, 4) is 0 Å². The van der Waals surface area contributed by atoms with Gasteiger partial charge in [-0.2, -0.15) is 0 Å². The lowest BCUT2D eigenvalue weighted by Gasteiger charge is -2.27. The molecule has 4 rings (SSSR count). The number of hydrogen-bond acceptors (Lipinski definition) is 2. The lowest BCUT2D eigenvalue weighted by molar-refractivity contribution is 0.422. The van der Waals surface area contributed by atoms with Crippen molar-refractivity contribution in [3.63, 3.8) is 0 Å². The molecule has 3 heteroatoms. The lowest BCUT2D eigenvalue weighted by atomic mass is 10.1. The molecule has 0 aliphatic carbocycles. The van der Waals surface area contributed by atoms with Gasteiger partial charge in [0, 0.05) is 13.0 Å². The highest BCUT2D eigenvalue weighted by molar-refractivity contribution is 5.76. The monoisotopic (exact) mass is 263 g/mol. The minimum absolute atomic E-state index is 0.187. The van der Waals surface area contributed by atoms with Crippen molar-refractivity contribution in [1.82, 2.24) is 14.9 Å². The molecule has 1 atom stereocenters. The van der Waals surface area contributed by atoms with E-state index in [2.05, 4.69) is 65.3 Å². The molecule has 2 heterocycles. The van der Waals surface area contributed by atoms with Gasteiger partial charge in [-0.05, 0) is 24.6 Å². The fourth-order valence-electron chi connectivity index (χ4n) is 2.99. The quantitative estimate of drug-likeness (QED) is 0.731. The second-order valence-electron chi connectivity index (χ2n) is 5.40. The molecule has 0 saturated carbocycles. The molecule has 0 spiro atoms. The molecular formula is C17H17N3. The second-order valence-corrected chi connectivity index (χ2v) is 5.40. The van der Waals surface area contributed by atoms with Crippen LogP contribution in [0.15, 0.2) is 48.5 Å². The number of imidazole rings is 1. The van der Waals surface area contributed by atoms with Crippen molar-refractivity contribution < 1.29 is 0 Å². The van der Waals surface area contributed by atoms with Crippen LogP contribution in [-0.2, 0) is 6.42 Å². The third-order valence-corrected chi connectivity index (χ3v) is 4.01. The number of nitrogens with zero attached hydrogens (tertiary/aromatic N) is 2. The van der Waals surface area contributed by atoms with Gasteiger partial charge in [-0.25, -0.2) is 4.98 Å². The van der Waals surface area contributed by atoms with Gasteiger partial charge in [-0.15, -0.1) is 0 Å². The van der Waals surface area contributed by atoms with E-state index in [0.717, 1.165) is 18.5 Å². The van der Waals surface area contributed by atoms with E-state index in [0.29, 0.717) is 0 Å². The number of aryl methyl sites for hydroxylation is 1. The molecule has 3 nitrogen and oxygen atoms in total. The zero-order valence-corrected chi connectivity index (χ0v) is 11.5. The van der Waals surface area contributed by atoms with Crippen LogP contribution in [0.25, 0.3) is 11.0 Å². The maximum absolute atomic E-state index is 4.77. The van der Waals surface area contributed by atoms with Crippen LogP contribution in [0.2, 0.25) is 0 Å². The molecule has 0 fully saturated rings. The van der Waals surface area contributed by atoms with Crippen LogP contribution in [0.5, 0.6) is 0 Å². The average Bonchev–Trinajstić information content (AvgIpc) is 2.86. The van der Waals surface area contributed by atoms with Gasteiger partial charge in [-0.3, -0.25) is 5.32 Å². The van der Waals surface area contributed by atoms with Gasteiger partial charge in [-0.1, -0.05) is 42.0 Å². The first-order valence-electron chi connectivity index (χ1n) is 7.09. The number of fused-ring (bicyclic) bond motifs is 3. The van der Waals surface area contributed by atoms with E-state index in [-0.39, 0.29) is 6.17 Å². The summed E-state index contributed by atoms with van der Waals surface area (Å²) in [4.78, 5) is 4.77. The highest BCUT2D eigenvalue weighted by Gasteiger charge is 2.23. The van der Waals surface area contributed by atoms with Crippen molar-refractivity contribution in [1.29, 1.82) is 0 Å². The summed E-state index contributed by atoms with van der Waals surface area (Å²) in [6.45, 7) is 3.10. The third-order valence-electron chi connectivity index (χ3n) is 4.01. The van der Waals surface area contributed by atoms with Crippen molar-refractivity contribution in [2.24, 2.45) is 0 Å². The minimum atomic E-state index is 0.187. The Morgan fingerprint density at radius 2 is 1.90 bits per heavy atom. The molecule has 3 aromatic rings. The van der Waals surface area contributed by atoms with E-state index in [1.165, 1.54) is 22.5 Å². The molecule has 1 N–H and O–H groups in total. The van der Waals surface area contributed by atoms with Gasteiger partial charge in [0.15, 0.2) is 0 Å². The first-order valence-corrected chi connectivity index (χ1v) is 7.09. The summed E-state index contributed by atoms with van der Waals surface area (Å²) >= 11 is 0. The van der Waals surface area contributed by atoms with Crippen molar-refractivity contribution in [3.05, 3.63) is 65.5 Å². The first-order chi connectivity index (χ1) is 9.83. The van der Waals surface area contributed by atoms with Crippen molar-refractivity contribution in [2.75, 3.05) is 6.54 Å². The maximum atomic E-state index is 4.77. The van der Waals surface area contributed by atoms with E-state index >= 15 is 0 Å². The van der Waals surface area contributed by atoms with Crippen LogP contribution < -0.4 is 5.32 Å². The summed E-state index contributed by atoms with van der Waals surface area (Å²) in [5.74, 6) is 1.18. The van der Waals surface area contributed by atoms with E-state index < -0.39 is 0 Å². The Morgan fingerprint density at radius 3 is 2.75 bits per heavy atom. The predicted octanol–water partition coefficient (Wildman–Crippen LogP) is 3.04. The Hall–Kier alpha value is -2.13. The minimum Gasteiger partial charge on any atom is -0.307 e. The number of benzene rings is 2. The molecule has 20 heavy (non-hydrogen) atoms. The fraction of sp³-hybridized carbons (Fsp3) is 0.235. The topological polar surface area (TPSA) is 29.9 Å². The number of nitrogens with one attached hydrogen (secondary N) is 1. The third kappa shape index (κ3) is 1.74. The molecule has 1 aliphatic rings. The molecule has 2 aromatic carbocycles. The average molecular weight is 263 g/mol. The van der Waals surface area contributed by atoms with Crippen molar-refractivity contribution in [2.45, 2.75) is 19.5 Å². The molecule has 0 radical (unpaired) electrons. The summed E-state index contributed by atoms with van der Waals surface area (Å²) in [6, 6.07) is 17.1. The van der Waals surface area contributed by atoms with Gasteiger partial charge in [0.1, 0.15) is 12.0 Å². The molecule has 0 saturated heterocycles. The highest BCUT2D eigenvalue weighted by atomic mass is 15.2. The van der Waals surface area contributed by atoms with Crippen LogP contribution in [-0.4, -0.2) is 16.1 Å². The Kier molecular flexibility index (Phi) is 2.60. The van der Waals surface area contributed by atoms with E-state index in [4.69, 9.17) is 4.98 Å². The summed E-state index contributed by atoms with van der Waals surface area (Å²) < 4.78 is 2.34. The summed E-state index contributed by atoms with van der Waals surface area (Å²) in [5.41, 5.74) is 4.88. The molecule has 0 amide bonds. The lowest BCUT2D eigenvalue weighted by Crippen LogP contribution is -2.35. The normalized spacial score (nSPS) is 18.1. The second kappa shape index (κ2) is 4.46. The van der Waals surface area contributed by atoms with Crippen molar-refractivity contribution >= 4 is 11.0 Å². The molecule has 100 valence electrons. The Morgan fingerprint density at radius 1 is 1.10 bits per heavy atom. The van der Waals surface area contributed by atoms with Gasteiger partial charge in [0.25, 0.3) is 0 Å². The largest absolute Gasteiger partial charge is 0.307 e. The SMILES string of the molecule is Cc1ccc([C@H]2NCCc3nc4ccccc4n32)cc1. The van der Waals surface area contributed by atoms with Crippen LogP contribution in [0.4, 0.5) is 0 Å². The standard InChI is InChI=1S/C17H17N3/c1-12-6-8-13(9-7-12)17-18-11-10-16-19-14-4-2-3-5-15(14)20(16)17/h2-9,17-18H,10-11H2,1H3/t17-/m0/s1. The van der Waals surface area contributed by atoms with E-state index in [1.807, 2.05) is 0 Å². The van der Waals surface area contributed by atoms with Crippen LogP contribution >= 0.6 is 0 Å². The Balaban J connectivity index is 1.90. The predicted molar refractivity (Wildman–Crippen MR) is 80.8 cm³/mol. The molecule has 0 bridgehead atoms. The summed E-state index contributed by atoms with van der Waals surface area (Å²) in [7, 11) is 0. The van der Waals surface area contributed by atoms with Gasteiger partial charge in [0.05, 0.1) is 11.0 Å². The molecule has 1 aliphatic heterocycles. The number of rotatable bonds is 1. The van der Waals surface area contributed by atoms with E-state index in [1.54, 1.807) is 0 Å². The summed E-state index contributed by atoms with van der Waals surface area (Å²) in [5, 5.41) is 3.61. The molecule has 1 aromatic heterocycles. The first kappa shape index (κ1) is 11.7. The number of para-hydroxylation sites is 2. The molecule has 0 unspecified atom stereocenters. The Bertz CT molecular complexity index is 756. The molecular weight excluding hydrogens is 246 g/mol. The number of hydrogen-bond donors (Lipinski definition) is 1. The van der Waals surface area contributed by atoms with Crippen LogP contribution in [0.1, 0.15) is 23.1 Å². The van der Waals surface area contributed by atoms with E-state index in [9.17, 15) is 0 Å². The Labute approximate surface area is 118 Å².